The molecule has 0 spiro atoms. The number of pyridine rings is 1. The molecule has 43 heavy (non-hydrogen) atoms. The number of hydrogen-bond donors (Lipinski definition) is 1. The third kappa shape index (κ3) is 7.47. The summed E-state index contributed by atoms with van der Waals surface area (Å²) in [7, 11) is -1.24. The lowest BCUT2D eigenvalue weighted by molar-refractivity contribution is 0.0808. The molecule has 1 N–H and O–H groups in total. The monoisotopic (exact) mass is 602 g/mol. The largest absolute Gasteiger partial charge is 0.361 e. The molecular formula is C34H50N6O2Si. The molecule has 2 atom stereocenters. The second kappa shape index (κ2) is 12.7. The van der Waals surface area contributed by atoms with E-state index in [1.807, 2.05) is 6.07 Å². The van der Waals surface area contributed by atoms with E-state index in [2.05, 4.69) is 80.7 Å². The Hall–Kier alpha value is -2.80. The number of nitrogens with one attached hydrogen (secondary N) is 1. The van der Waals surface area contributed by atoms with Crippen LogP contribution in [0.4, 0.5) is 5.69 Å². The Balaban J connectivity index is 1.40. The van der Waals surface area contributed by atoms with E-state index >= 15 is 0 Å². The highest BCUT2D eigenvalue weighted by atomic mass is 28.3. The average Bonchev–Trinajstić information content (AvgIpc) is 3.48. The number of aromatic nitrogens is 3. The second-order valence-electron chi connectivity index (χ2n) is 15.2. The van der Waals surface area contributed by atoms with Gasteiger partial charge in [0, 0.05) is 50.6 Å². The van der Waals surface area contributed by atoms with Crippen LogP contribution in [0.3, 0.4) is 0 Å². The maximum Gasteiger partial charge on any atom is 0.291 e. The third-order valence-corrected chi connectivity index (χ3v) is 11.3. The SMILES string of the molecule is CC(C)N1C2CCC1CC(c1ccc(NC(=O)c3nc(C#N)cn3COCC[Si](C)(C)C)c(C3=CCC(C)(C)CC3)n1)C2. The number of imidazole rings is 1. The lowest BCUT2D eigenvalue weighted by Gasteiger charge is -2.41. The number of carbonyl (C=O) groups is 1. The minimum atomic E-state index is -1.24. The molecule has 3 aliphatic rings. The van der Waals surface area contributed by atoms with Crippen LogP contribution in [0.2, 0.25) is 25.7 Å². The van der Waals surface area contributed by atoms with Crippen LogP contribution in [0, 0.1) is 16.7 Å². The Morgan fingerprint density at radius 3 is 2.51 bits per heavy atom. The minimum Gasteiger partial charge on any atom is -0.361 e. The lowest BCUT2D eigenvalue weighted by Crippen LogP contribution is -2.46. The van der Waals surface area contributed by atoms with E-state index < -0.39 is 8.07 Å². The molecule has 5 rings (SSSR count). The molecule has 1 amide bonds. The molecular weight excluding hydrogens is 553 g/mol. The van der Waals surface area contributed by atoms with Crippen LogP contribution >= 0.6 is 0 Å². The number of allylic oxidation sites excluding steroid dienone is 2. The molecule has 2 fully saturated rings. The maximum absolute atomic E-state index is 13.7. The van der Waals surface area contributed by atoms with Crippen molar-refractivity contribution in [1.29, 1.82) is 5.26 Å². The van der Waals surface area contributed by atoms with Gasteiger partial charge in [0.05, 0.1) is 11.4 Å². The van der Waals surface area contributed by atoms with Crippen molar-refractivity contribution >= 4 is 25.2 Å². The van der Waals surface area contributed by atoms with Gasteiger partial charge in [-0.05, 0) is 88.0 Å². The molecule has 0 aromatic carbocycles. The average molecular weight is 603 g/mol. The summed E-state index contributed by atoms with van der Waals surface area (Å²) in [6.45, 7) is 17.0. The third-order valence-electron chi connectivity index (χ3n) is 9.57. The predicted molar refractivity (Wildman–Crippen MR) is 175 cm³/mol. The van der Waals surface area contributed by atoms with Crippen molar-refractivity contribution in [2.45, 2.75) is 129 Å². The van der Waals surface area contributed by atoms with Crippen LogP contribution in [0.1, 0.15) is 106 Å². The van der Waals surface area contributed by atoms with Gasteiger partial charge in [0.1, 0.15) is 12.8 Å². The number of amides is 1. The summed E-state index contributed by atoms with van der Waals surface area (Å²) in [5.74, 6) is 0.254. The number of carbonyl (C=O) groups excluding carboxylic acids is 1. The summed E-state index contributed by atoms with van der Waals surface area (Å²) in [5.41, 5.74) is 4.39. The van der Waals surface area contributed by atoms with Gasteiger partial charge in [0.25, 0.3) is 5.91 Å². The van der Waals surface area contributed by atoms with Crippen LogP contribution in [0.25, 0.3) is 5.57 Å². The molecule has 4 heterocycles. The Bertz CT molecular complexity index is 1380. The molecule has 1 aliphatic carbocycles. The first-order valence-corrected chi connectivity index (χ1v) is 19.9. The number of hydrogen-bond acceptors (Lipinski definition) is 6. The molecule has 2 aromatic rings. The van der Waals surface area contributed by atoms with E-state index in [9.17, 15) is 10.1 Å². The molecule has 2 aromatic heterocycles. The van der Waals surface area contributed by atoms with E-state index in [0.29, 0.717) is 36.3 Å². The quantitative estimate of drug-likeness (QED) is 0.224. The van der Waals surface area contributed by atoms with Gasteiger partial charge in [0.2, 0.25) is 5.82 Å². The van der Waals surface area contributed by atoms with Gasteiger partial charge in [-0.2, -0.15) is 5.26 Å². The van der Waals surface area contributed by atoms with Crippen molar-refractivity contribution in [3.05, 3.63) is 47.3 Å². The van der Waals surface area contributed by atoms with Gasteiger partial charge in [-0.1, -0.05) is 39.6 Å². The molecule has 2 aliphatic heterocycles. The van der Waals surface area contributed by atoms with Gasteiger partial charge in [-0.25, -0.2) is 4.98 Å². The van der Waals surface area contributed by atoms with Crippen LogP contribution in [0.15, 0.2) is 24.4 Å². The highest BCUT2D eigenvalue weighted by Crippen LogP contribution is 2.45. The Labute approximate surface area is 258 Å². The molecule has 2 unspecified atom stereocenters. The smallest absolute Gasteiger partial charge is 0.291 e. The Morgan fingerprint density at radius 2 is 1.91 bits per heavy atom. The maximum atomic E-state index is 13.7. The first kappa shape index (κ1) is 31.6. The minimum absolute atomic E-state index is 0.177. The van der Waals surface area contributed by atoms with E-state index in [4.69, 9.17) is 9.72 Å². The number of rotatable bonds is 10. The zero-order valence-corrected chi connectivity index (χ0v) is 28.2. The number of nitrogens with zero attached hydrogens (tertiary/aromatic N) is 5. The Kier molecular flexibility index (Phi) is 9.31. The molecule has 2 saturated heterocycles. The van der Waals surface area contributed by atoms with Crippen molar-refractivity contribution in [2.75, 3.05) is 11.9 Å². The molecule has 9 heteroatoms. The van der Waals surface area contributed by atoms with Crippen molar-refractivity contribution in [2.24, 2.45) is 5.41 Å². The van der Waals surface area contributed by atoms with E-state index in [-0.39, 0.29) is 29.6 Å². The number of nitriles is 1. The molecule has 0 radical (unpaired) electrons. The summed E-state index contributed by atoms with van der Waals surface area (Å²) in [5, 5.41) is 12.6. The zero-order chi connectivity index (χ0) is 30.9. The molecule has 232 valence electrons. The lowest BCUT2D eigenvalue weighted by atomic mass is 9.77. The van der Waals surface area contributed by atoms with E-state index in [1.165, 1.54) is 18.4 Å². The number of piperidine rings is 1. The van der Waals surface area contributed by atoms with Crippen LogP contribution in [-0.4, -0.2) is 58.1 Å². The molecule has 2 bridgehead atoms. The summed E-state index contributed by atoms with van der Waals surface area (Å²) in [6.07, 6.45) is 11.8. The van der Waals surface area contributed by atoms with Crippen LogP contribution in [-0.2, 0) is 11.5 Å². The van der Waals surface area contributed by atoms with Crippen LogP contribution < -0.4 is 5.32 Å². The van der Waals surface area contributed by atoms with Gasteiger partial charge in [-0.15, -0.1) is 0 Å². The fourth-order valence-corrected chi connectivity index (χ4v) is 7.86. The summed E-state index contributed by atoms with van der Waals surface area (Å²) >= 11 is 0. The predicted octanol–water partition coefficient (Wildman–Crippen LogP) is 7.43. The number of fused-ring (bicyclic) bond motifs is 2. The van der Waals surface area contributed by atoms with Crippen LogP contribution in [0.5, 0.6) is 0 Å². The van der Waals surface area contributed by atoms with Crippen molar-refractivity contribution in [3.8, 4) is 6.07 Å². The summed E-state index contributed by atoms with van der Waals surface area (Å²) < 4.78 is 7.54. The van der Waals surface area contributed by atoms with Gasteiger partial charge in [0.15, 0.2) is 5.69 Å². The first-order chi connectivity index (χ1) is 20.3. The van der Waals surface area contributed by atoms with Crippen molar-refractivity contribution in [1.82, 2.24) is 19.4 Å². The van der Waals surface area contributed by atoms with Crippen molar-refractivity contribution < 1.29 is 9.53 Å². The zero-order valence-electron chi connectivity index (χ0n) is 27.2. The highest BCUT2D eigenvalue weighted by molar-refractivity contribution is 6.76. The number of anilines is 1. The fraction of sp³-hybridized carbons (Fsp3) is 0.647. The van der Waals surface area contributed by atoms with Gasteiger partial charge in [-0.3, -0.25) is 14.7 Å². The normalized spacial score (nSPS) is 23.7. The highest BCUT2D eigenvalue weighted by Gasteiger charge is 2.42. The van der Waals surface area contributed by atoms with E-state index in [1.54, 1.807) is 10.8 Å². The molecule has 8 nitrogen and oxygen atoms in total. The van der Waals surface area contributed by atoms with E-state index in [0.717, 1.165) is 49.5 Å². The number of ether oxygens (including phenoxy) is 1. The summed E-state index contributed by atoms with van der Waals surface area (Å²) in [4.78, 5) is 26.0. The van der Waals surface area contributed by atoms with Gasteiger partial charge >= 0.3 is 0 Å². The first-order valence-electron chi connectivity index (χ1n) is 16.2. The second-order valence-corrected chi connectivity index (χ2v) is 20.8. The standard InChI is InChI=1S/C34H50N6O2Si/c1-23(2)40-27-8-9-28(40)19-25(18-27)29-10-11-30(31(37-29)24-12-14-34(3,4)15-13-24)38-33(41)32-36-26(20-35)21-39(32)22-42-16-17-43(5,6)7/h10-12,21,23,25,27-28H,8-9,13-19,22H2,1-7H3,(H,38,41). The van der Waals surface area contributed by atoms with Gasteiger partial charge < -0.3 is 14.6 Å². The molecule has 0 saturated carbocycles. The van der Waals surface area contributed by atoms with Crippen molar-refractivity contribution in [3.63, 3.8) is 0 Å². The topological polar surface area (TPSA) is 96.1 Å². The fourth-order valence-electron chi connectivity index (χ4n) is 7.11. The Morgan fingerprint density at radius 1 is 1.19 bits per heavy atom. The summed E-state index contributed by atoms with van der Waals surface area (Å²) in [6, 6.07) is 9.09.